The van der Waals surface area contributed by atoms with Gasteiger partial charge in [0.25, 0.3) is 0 Å². The molecule has 5 rings (SSSR count). The predicted octanol–water partition coefficient (Wildman–Crippen LogP) is 3.98. The van der Waals surface area contributed by atoms with E-state index in [1.807, 2.05) is 4.90 Å². The zero-order valence-corrected chi connectivity index (χ0v) is 22.6. The predicted molar refractivity (Wildman–Crippen MR) is 145 cm³/mol. The Hall–Kier alpha value is -2.57. The molecule has 1 aromatic carbocycles. The van der Waals surface area contributed by atoms with Gasteiger partial charge in [-0.15, -0.1) is 5.10 Å². The van der Waals surface area contributed by atoms with Crippen molar-refractivity contribution in [2.45, 2.75) is 6.61 Å². The maximum atomic E-state index is 14.8. The highest BCUT2D eigenvalue weighted by molar-refractivity contribution is 7.79. The minimum Gasteiger partial charge on any atom is -0.486 e. The van der Waals surface area contributed by atoms with Gasteiger partial charge in [-0.3, -0.25) is 5.41 Å². The van der Waals surface area contributed by atoms with Crippen molar-refractivity contribution in [3.05, 3.63) is 75.2 Å². The molecule has 0 aliphatic carbocycles. The molecule has 0 unspecified atom stereocenters. The Morgan fingerprint density at radius 1 is 1.14 bits per heavy atom. The summed E-state index contributed by atoms with van der Waals surface area (Å²) < 4.78 is 34.6. The summed E-state index contributed by atoms with van der Waals surface area (Å²) in [6.07, 6.45) is 4.46. The van der Waals surface area contributed by atoms with Crippen LogP contribution in [0, 0.1) is 22.5 Å². The lowest BCUT2D eigenvalue weighted by atomic mass is 9.74. The fraction of sp³-hybridized carbons (Fsp3) is 0.333. The van der Waals surface area contributed by atoms with E-state index < -0.39 is 11.6 Å². The van der Waals surface area contributed by atoms with Crippen molar-refractivity contribution in [3.63, 3.8) is 0 Å². The molecule has 1 spiro atoms. The highest BCUT2D eigenvalue weighted by atomic mass is 35.5. The van der Waals surface area contributed by atoms with Crippen molar-refractivity contribution in [2.24, 2.45) is 11.1 Å². The summed E-state index contributed by atoms with van der Waals surface area (Å²) in [4.78, 5) is 6.15. The Kier molecular flexibility index (Phi) is 10.0. The Bertz CT molecular complexity index is 1240. The molecule has 2 aromatic heterocycles. The van der Waals surface area contributed by atoms with Crippen LogP contribution in [0.15, 0.2) is 36.7 Å². The fourth-order valence-corrected chi connectivity index (χ4v) is 4.43. The van der Waals surface area contributed by atoms with Crippen LogP contribution < -0.4 is 20.7 Å². The number of anilines is 1. The van der Waals surface area contributed by atoms with E-state index >= 15 is 0 Å². The topological polar surface area (TPSA) is 113 Å². The first-order chi connectivity index (χ1) is 17.8. The smallest absolute Gasteiger partial charge is 0.166 e. The van der Waals surface area contributed by atoms with Gasteiger partial charge in [-0.05, 0) is 37.6 Å². The second-order valence-electron chi connectivity index (χ2n) is 8.26. The van der Waals surface area contributed by atoms with Crippen LogP contribution in [0.2, 0.25) is 10.2 Å². The monoisotopic (exact) mass is 569 g/mol. The number of hydrogen-bond acceptors (Lipinski definition) is 9. The van der Waals surface area contributed by atoms with Crippen LogP contribution in [0.1, 0.15) is 16.7 Å². The van der Waals surface area contributed by atoms with Gasteiger partial charge in [-0.1, -0.05) is 23.2 Å². The van der Waals surface area contributed by atoms with Crippen molar-refractivity contribution in [1.82, 2.24) is 20.5 Å². The Balaban J connectivity index is 0.000000907. The molecule has 0 atom stereocenters. The molecule has 2 aliphatic heterocycles. The van der Waals surface area contributed by atoms with Gasteiger partial charge in [0, 0.05) is 54.5 Å². The minimum absolute atomic E-state index is 0.0114. The molecule has 0 amide bonds. The van der Waals surface area contributed by atoms with Crippen molar-refractivity contribution in [3.8, 4) is 5.75 Å². The number of benzene rings is 1. The molecule has 0 radical (unpaired) electrons. The highest BCUT2D eigenvalue weighted by Crippen LogP contribution is 2.37. The standard InChI is InChI=1S/C22H18Cl2F2N6O.CH5N.CH4S/c23-15-6-30-31-20(24)14(15)7-33-18-4-12(1-2-16(18)25)19(27)13-3-17(26)21(29-5-13)32-10-22(11-32)8-28-9-22;2*1-2/h1-6,27-28H,7-11H2;2H2,1H3;2H,1H3. The van der Waals surface area contributed by atoms with E-state index in [2.05, 4.69) is 38.9 Å². The molecule has 4 heterocycles. The summed E-state index contributed by atoms with van der Waals surface area (Å²) in [5.41, 5.74) is 5.71. The van der Waals surface area contributed by atoms with E-state index in [0.29, 0.717) is 11.1 Å². The number of hydrogen-bond donors (Lipinski definition) is 4. The molecule has 2 aliphatic rings. The van der Waals surface area contributed by atoms with E-state index in [1.165, 1.54) is 43.7 Å². The van der Waals surface area contributed by atoms with Gasteiger partial charge in [-0.2, -0.15) is 17.7 Å². The number of nitrogens with two attached hydrogens (primary N) is 1. The first kappa shape index (κ1) is 29.0. The number of pyridine rings is 1. The maximum absolute atomic E-state index is 14.8. The first-order valence-corrected chi connectivity index (χ1v) is 12.8. The number of ether oxygens (including phenoxy) is 1. The molecule has 3 aromatic rings. The van der Waals surface area contributed by atoms with Crippen molar-refractivity contribution < 1.29 is 13.5 Å². The molecule has 2 fully saturated rings. The summed E-state index contributed by atoms with van der Waals surface area (Å²) in [5.74, 6) is -0.941. The number of aromatic nitrogens is 3. The minimum atomic E-state index is -0.627. The van der Waals surface area contributed by atoms with E-state index in [-0.39, 0.29) is 45.0 Å². The second-order valence-corrected chi connectivity index (χ2v) is 9.02. The summed E-state index contributed by atoms with van der Waals surface area (Å²) in [6, 6.07) is 5.24. The average Bonchev–Trinajstić information content (AvgIpc) is 2.86. The summed E-state index contributed by atoms with van der Waals surface area (Å²) in [5, 5.41) is 19.3. The molecule has 8 nitrogen and oxygen atoms in total. The zero-order valence-electron chi connectivity index (χ0n) is 20.2. The van der Waals surface area contributed by atoms with E-state index in [0.717, 1.165) is 26.2 Å². The number of rotatable bonds is 6. The molecule has 37 heavy (non-hydrogen) atoms. The van der Waals surface area contributed by atoms with E-state index in [4.69, 9.17) is 33.3 Å². The van der Waals surface area contributed by atoms with Gasteiger partial charge < -0.3 is 20.7 Å². The first-order valence-electron chi connectivity index (χ1n) is 11.2. The largest absolute Gasteiger partial charge is 0.486 e. The summed E-state index contributed by atoms with van der Waals surface area (Å²) >= 11 is 15.5. The number of nitrogens with zero attached hydrogens (tertiary/aromatic N) is 4. The molecule has 0 saturated carbocycles. The van der Waals surface area contributed by atoms with Crippen molar-refractivity contribution in [1.29, 1.82) is 5.41 Å². The van der Waals surface area contributed by atoms with Crippen molar-refractivity contribution in [2.75, 3.05) is 44.4 Å². The van der Waals surface area contributed by atoms with Crippen LogP contribution in [0.25, 0.3) is 0 Å². The quantitative estimate of drug-likeness (QED) is 0.262. The maximum Gasteiger partial charge on any atom is 0.166 e. The molecule has 2 saturated heterocycles. The Morgan fingerprint density at radius 2 is 1.84 bits per heavy atom. The third-order valence-electron chi connectivity index (χ3n) is 5.91. The average molecular weight is 570 g/mol. The Morgan fingerprint density at radius 3 is 2.43 bits per heavy atom. The summed E-state index contributed by atoms with van der Waals surface area (Å²) in [6.45, 7) is 3.28. The van der Waals surface area contributed by atoms with Crippen LogP contribution in [-0.4, -0.2) is 60.4 Å². The SMILES string of the molecule is CN.CS.N=C(c1cnc(N2CC3(CNC3)C2)c(F)c1)c1ccc(F)c(OCc2c(Cl)cnnc2Cl)c1. The van der Waals surface area contributed by atoms with Gasteiger partial charge in [-0.25, -0.2) is 13.8 Å². The summed E-state index contributed by atoms with van der Waals surface area (Å²) in [7, 11) is 1.50. The second kappa shape index (κ2) is 12.8. The fourth-order valence-electron chi connectivity index (χ4n) is 4.00. The molecule has 198 valence electrons. The third-order valence-corrected chi connectivity index (χ3v) is 6.54. The van der Waals surface area contributed by atoms with Crippen LogP contribution in [0.5, 0.6) is 5.75 Å². The van der Waals surface area contributed by atoms with Crippen molar-refractivity contribution >= 4 is 47.4 Å². The van der Waals surface area contributed by atoms with Crippen LogP contribution >= 0.6 is 35.8 Å². The highest BCUT2D eigenvalue weighted by Gasteiger charge is 2.48. The number of thiol groups is 1. The van der Waals surface area contributed by atoms with E-state index in [1.54, 1.807) is 6.26 Å². The molecule has 0 bridgehead atoms. The normalized spacial score (nSPS) is 14.9. The molecular formula is C24H27Cl2F2N7OS. The van der Waals surface area contributed by atoms with Gasteiger partial charge in [0.05, 0.1) is 16.9 Å². The third kappa shape index (κ3) is 6.29. The lowest BCUT2D eigenvalue weighted by molar-refractivity contribution is 0.119. The van der Waals surface area contributed by atoms with Gasteiger partial charge >= 0.3 is 0 Å². The van der Waals surface area contributed by atoms with E-state index in [9.17, 15) is 8.78 Å². The number of nitrogens with one attached hydrogen (secondary N) is 2. The van der Waals surface area contributed by atoms with Crippen LogP contribution in [-0.2, 0) is 6.61 Å². The molecule has 4 N–H and O–H groups in total. The van der Waals surface area contributed by atoms with Gasteiger partial charge in [0.2, 0.25) is 0 Å². The van der Waals surface area contributed by atoms with Crippen LogP contribution in [0.4, 0.5) is 14.6 Å². The molecule has 13 heteroatoms. The van der Waals surface area contributed by atoms with Crippen LogP contribution in [0.3, 0.4) is 0 Å². The lowest BCUT2D eigenvalue weighted by Crippen LogP contribution is -2.71. The zero-order chi connectivity index (χ0) is 27.2. The lowest BCUT2D eigenvalue weighted by Gasteiger charge is -2.56. The van der Waals surface area contributed by atoms with Gasteiger partial charge in [0.1, 0.15) is 6.61 Å². The number of halogens is 4. The Labute approximate surface area is 229 Å². The molecular weight excluding hydrogens is 543 g/mol. The van der Waals surface area contributed by atoms with Gasteiger partial charge in [0.15, 0.2) is 28.4 Å².